The quantitative estimate of drug-likeness (QED) is 0.381. The van der Waals surface area contributed by atoms with Crippen molar-refractivity contribution in [3.8, 4) is 0 Å². The molecule has 6 nitrogen and oxygen atoms in total. The second kappa shape index (κ2) is 5.92. The maximum atomic E-state index is 10.9. The maximum Gasteiger partial charge on any atom is 0.330 e. The van der Waals surface area contributed by atoms with Gasteiger partial charge in [0.25, 0.3) is 5.69 Å². The molecule has 1 N–H and O–H groups in total. The molecule has 0 saturated carbocycles. The Kier molecular flexibility index (Phi) is 4.56. The van der Waals surface area contributed by atoms with Crippen LogP contribution in [-0.2, 0) is 9.53 Å². The predicted octanol–water partition coefficient (Wildman–Crippen LogP) is 1.83. The first-order valence-corrected chi connectivity index (χ1v) is 5.18. The molecule has 18 heavy (non-hydrogen) atoms. The van der Waals surface area contributed by atoms with Crippen molar-refractivity contribution in [2.45, 2.75) is 13.0 Å². The third-order valence-electron chi connectivity index (χ3n) is 2.33. The largest absolute Gasteiger partial charge is 0.466 e. The van der Waals surface area contributed by atoms with Gasteiger partial charge in [0.05, 0.1) is 23.7 Å². The summed E-state index contributed by atoms with van der Waals surface area (Å²) in [5.41, 5.74) is 0.542. The Morgan fingerprint density at radius 3 is 2.72 bits per heavy atom. The van der Waals surface area contributed by atoms with E-state index in [0.717, 1.165) is 6.08 Å². The number of ether oxygens (including phenoxy) is 1. The summed E-state index contributed by atoms with van der Waals surface area (Å²) < 4.78 is 4.40. The SMILES string of the molecule is COC(=O)/C=C/c1ccc(C(C)O)cc1[N+](=O)[O-]. The smallest absolute Gasteiger partial charge is 0.330 e. The van der Waals surface area contributed by atoms with E-state index in [9.17, 15) is 20.0 Å². The van der Waals surface area contributed by atoms with Crippen LogP contribution in [0.3, 0.4) is 0 Å². The van der Waals surface area contributed by atoms with E-state index in [4.69, 9.17) is 0 Å². The van der Waals surface area contributed by atoms with Crippen molar-refractivity contribution < 1.29 is 19.6 Å². The molecule has 1 unspecified atom stereocenters. The van der Waals surface area contributed by atoms with Gasteiger partial charge < -0.3 is 9.84 Å². The normalized spacial score (nSPS) is 12.4. The maximum absolute atomic E-state index is 10.9. The Bertz CT molecular complexity index is 493. The average molecular weight is 251 g/mol. The Morgan fingerprint density at radius 1 is 1.56 bits per heavy atom. The fourth-order valence-electron chi connectivity index (χ4n) is 1.35. The van der Waals surface area contributed by atoms with E-state index >= 15 is 0 Å². The number of aliphatic hydroxyl groups excluding tert-OH is 1. The van der Waals surface area contributed by atoms with Crippen molar-refractivity contribution in [2.75, 3.05) is 7.11 Å². The summed E-state index contributed by atoms with van der Waals surface area (Å²) in [5.74, 6) is -0.594. The zero-order valence-electron chi connectivity index (χ0n) is 9.99. The molecule has 1 aromatic carbocycles. The highest BCUT2D eigenvalue weighted by Crippen LogP contribution is 2.24. The van der Waals surface area contributed by atoms with E-state index in [0.29, 0.717) is 5.56 Å². The van der Waals surface area contributed by atoms with Crippen molar-refractivity contribution in [3.63, 3.8) is 0 Å². The summed E-state index contributed by atoms with van der Waals surface area (Å²) in [7, 11) is 1.22. The monoisotopic (exact) mass is 251 g/mol. The second-order valence-corrected chi connectivity index (χ2v) is 3.61. The lowest BCUT2D eigenvalue weighted by atomic mass is 10.1. The van der Waals surface area contributed by atoms with E-state index < -0.39 is 17.0 Å². The molecule has 0 aliphatic rings. The topological polar surface area (TPSA) is 89.7 Å². The van der Waals surface area contributed by atoms with Crippen LogP contribution in [0.15, 0.2) is 24.3 Å². The number of esters is 1. The van der Waals surface area contributed by atoms with Gasteiger partial charge in [-0.25, -0.2) is 4.79 Å². The number of nitro groups is 1. The molecule has 1 rings (SSSR count). The lowest BCUT2D eigenvalue weighted by Gasteiger charge is -2.05. The molecule has 96 valence electrons. The minimum Gasteiger partial charge on any atom is -0.466 e. The number of benzene rings is 1. The number of aliphatic hydroxyl groups is 1. The van der Waals surface area contributed by atoms with Gasteiger partial charge in [-0.2, -0.15) is 0 Å². The zero-order valence-corrected chi connectivity index (χ0v) is 9.99. The fourth-order valence-corrected chi connectivity index (χ4v) is 1.35. The van der Waals surface area contributed by atoms with Gasteiger partial charge in [-0.15, -0.1) is 0 Å². The van der Waals surface area contributed by atoms with Gasteiger partial charge in [-0.05, 0) is 24.6 Å². The predicted molar refractivity (Wildman–Crippen MR) is 64.8 cm³/mol. The molecule has 0 radical (unpaired) electrons. The number of rotatable bonds is 4. The number of hydrogen-bond donors (Lipinski definition) is 1. The third kappa shape index (κ3) is 3.39. The fraction of sp³-hybridized carbons (Fsp3) is 0.250. The van der Waals surface area contributed by atoms with E-state index in [2.05, 4.69) is 4.74 Å². The van der Waals surface area contributed by atoms with Crippen LogP contribution < -0.4 is 0 Å². The summed E-state index contributed by atoms with van der Waals surface area (Å²) in [5, 5.41) is 20.2. The van der Waals surface area contributed by atoms with Crippen molar-refractivity contribution in [2.24, 2.45) is 0 Å². The van der Waals surface area contributed by atoms with E-state index in [1.54, 1.807) is 6.07 Å². The molecule has 0 aliphatic carbocycles. The lowest BCUT2D eigenvalue weighted by molar-refractivity contribution is -0.385. The van der Waals surface area contributed by atoms with E-state index in [1.165, 1.54) is 32.2 Å². The van der Waals surface area contributed by atoms with Crippen molar-refractivity contribution in [1.82, 2.24) is 0 Å². The molecule has 1 atom stereocenters. The number of nitro benzene ring substituents is 1. The molecule has 1 aromatic rings. The minimum absolute atomic E-state index is 0.173. The Balaban J connectivity index is 3.16. The minimum atomic E-state index is -0.790. The van der Waals surface area contributed by atoms with Gasteiger partial charge >= 0.3 is 5.97 Å². The molecular weight excluding hydrogens is 238 g/mol. The second-order valence-electron chi connectivity index (χ2n) is 3.61. The van der Waals surface area contributed by atoms with Gasteiger partial charge in [-0.1, -0.05) is 6.07 Å². The van der Waals surface area contributed by atoms with Crippen LogP contribution in [0, 0.1) is 10.1 Å². The molecular formula is C12H13NO5. The van der Waals surface area contributed by atoms with Crippen LogP contribution in [0.25, 0.3) is 6.08 Å². The molecule has 0 amide bonds. The Hall–Kier alpha value is -2.21. The first-order valence-electron chi connectivity index (χ1n) is 5.18. The zero-order chi connectivity index (χ0) is 13.7. The highest BCUT2D eigenvalue weighted by molar-refractivity contribution is 5.87. The summed E-state index contributed by atoms with van der Waals surface area (Å²) >= 11 is 0. The van der Waals surface area contributed by atoms with Gasteiger partial charge in [-0.3, -0.25) is 10.1 Å². The highest BCUT2D eigenvalue weighted by atomic mass is 16.6. The molecule has 0 bridgehead atoms. The van der Waals surface area contributed by atoms with Gasteiger partial charge in [0.15, 0.2) is 0 Å². The summed E-state index contributed by atoms with van der Waals surface area (Å²) in [4.78, 5) is 21.2. The molecule has 0 spiro atoms. The van der Waals surface area contributed by atoms with Crippen LogP contribution in [0.2, 0.25) is 0 Å². The number of methoxy groups -OCH3 is 1. The lowest BCUT2D eigenvalue weighted by Crippen LogP contribution is -1.98. The van der Waals surface area contributed by atoms with Gasteiger partial charge in [0.2, 0.25) is 0 Å². The molecule has 0 fully saturated rings. The van der Waals surface area contributed by atoms with Crippen molar-refractivity contribution in [1.29, 1.82) is 0 Å². The molecule has 0 saturated heterocycles. The van der Waals surface area contributed by atoms with E-state index in [-0.39, 0.29) is 11.3 Å². The van der Waals surface area contributed by atoms with Gasteiger partial charge in [0, 0.05) is 12.1 Å². The number of carbonyl (C=O) groups is 1. The van der Waals surface area contributed by atoms with Crippen LogP contribution in [0.4, 0.5) is 5.69 Å². The van der Waals surface area contributed by atoms with Crippen LogP contribution >= 0.6 is 0 Å². The standard InChI is InChI=1S/C12H13NO5/c1-8(14)10-4-3-9(5-6-12(15)18-2)11(7-10)13(16)17/h3-8,14H,1-2H3/b6-5+. The molecule has 0 heterocycles. The first-order chi connectivity index (χ1) is 8.45. The molecule has 0 aliphatic heterocycles. The summed E-state index contributed by atoms with van der Waals surface area (Å²) in [6.07, 6.45) is 1.61. The van der Waals surface area contributed by atoms with Gasteiger partial charge in [0.1, 0.15) is 0 Å². The number of hydrogen-bond acceptors (Lipinski definition) is 5. The van der Waals surface area contributed by atoms with Crippen molar-refractivity contribution in [3.05, 3.63) is 45.5 Å². The number of carbonyl (C=O) groups excluding carboxylic acids is 1. The number of nitrogens with zero attached hydrogens (tertiary/aromatic N) is 1. The Labute approximate surface area is 104 Å². The average Bonchev–Trinajstić information content (AvgIpc) is 2.35. The molecule has 0 aromatic heterocycles. The third-order valence-corrected chi connectivity index (χ3v) is 2.33. The van der Waals surface area contributed by atoms with Crippen LogP contribution in [-0.4, -0.2) is 23.1 Å². The highest BCUT2D eigenvalue weighted by Gasteiger charge is 2.14. The van der Waals surface area contributed by atoms with Crippen LogP contribution in [0.1, 0.15) is 24.2 Å². The van der Waals surface area contributed by atoms with Crippen molar-refractivity contribution >= 4 is 17.7 Å². The van der Waals surface area contributed by atoms with E-state index in [1.807, 2.05) is 0 Å². The summed E-state index contributed by atoms with van der Waals surface area (Å²) in [6, 6.07) is 4.32. The summed E-state index contributed by atoms with van der Waals surface area (Å²) in [6.45, 7) is 1.52. The van der Waals surface area contributed by atoms with Crippen LogP contribution in [0.5, 0.6) is 0 Å². The molecule has 6 heteroatoms. The first kappa shape index (κ1) is 13.9. The Morgan fingerprint density at radius 2 is 2.22 bits per heavy atom.